The Labute approximate surface area is 104 Å². The molecule has 2 rings (SSSR count). The van der Waals surface area contributed by atoms with E-state index in [0.29, 0.717) is 11.9 Å². The Bertz CT molecular complexity index is 278. The minimum absolute atomic E-state index is 0.0469. The normalized spacial score (nSPS) is 24.1. The number of hydrogen-bond acceptors (Lipinski definition) is 3. The van der Waals surface area contributed by atoms with Crippen LogP contribution in [0, 0.1) is 5.41 Å². The van der Waals surface area contributed by atoms with E-state index in [0.717, 1.165) is 45.6 Å². The first-order chi connectivity index (χ1) is 8.09. The molecule has 0 aromatic rings. The van der Waals surface area contributed by atoms with Crippen molar-refractivity contribution in [1.82, 2.24) is 15.1 Å². The monoisotopic (exact) mass is 239 g/mol. The van der Waals surface area contributed by atoms with Crippen LogP contribution in [0.3, 0.4) is 0 Å². The van der Waals surface area contributed by atoms with Gasteiger partial charge in [-0.2, -0.15) is 0 Å². The van der Waals surface area contributed by atoms with Crippen LogP contribution in [-0.2, 0) is 4.79 Å². The molecule has 1 saturated heterocycles. The van der Waals surface area contributed by atoms with Crippen molar-refractivity contribution in [1.29, 1.82) is 0 Å². The van der Waals surface area contributed by atoms with Gasteiger partial charge in [0.05, 0.1) is 5.41 Å². The van der Waals surface area contributed by atoms with Crippen molar-refractivity contribution in [3.8, 4) is 0 Å². The second-order valence-corrected chi connectivity index (χ2v) is 5.73. The smallest absolute Gasteiger partial charge is 0.230 e. The molecule has 0 radical (unpaired) electrons. The van der Waals surface area contributed by atoms with Gasteiger partial charge < -0.3 is 10.2 Å². The highest BCUT2D eigenvalue weighted by atomic mass is 16.2. The molecule has 4 nitrogen and oxygen atoms in total. The van der Waals surface area contributed by atoms with Gasteiger partial charge in [0.15, 0.2) is 0 Å². The lowest BCUT2D eigenvalue weighted by Crippen LogP contribution is -2.53. The zero-order chi connectivity index (χ0) is 12.5. The highest BCUT2D eigenvalue weighted by molar-refractivity contribution is 5.85. The molecule has 1 N–H and O–H groups in total. The summed E-state index contributed by atoms with van der Waals surface area (Å²) < 4.78 is 0. The molecule has 0 aromatic carbocycles. The first-order valence-corrected chi connectivity index (χ1v) is 6.77. The second kappa shape index (κ2) is 4.94. The summed E-state index contributed by atoms with van der Waals surface area (Å²) in [5.41, 5.74) is -0.0469. The molecule has 0 bridgehead atoms. The fourth-order valence-electron chi connectivity index (χ4n) is 2.73. The standard InChI is InChI=1S/C13H25N3O/c1-11(2)15-6-8-16(9-7-15)12(17)13(4-5-13)10-14-3/h11,14H,4-10H2,1-3H3. The van der Waals surface area contributed by atoms with Gasteiger partial charge in [0.25, 0.3) is 0 Å². The molecule has 2 aliphatic rings. The van der Waals surface area contributed by atoms with Crippen LogP contribution in [0.5, 0.6) is 0 Å². The number of rotatable bonds is 4. The number of amides is 1. The van der Waals surface area contributed by atoms with E-state index in [-0.39, 0.29) is 5.41 Å². The van der Waals surface area contributed by atoms with E-state index in [9.17, 15) is 4.79 Å². The molecule has 98 valence electrons. The van der Waals surface area contributed by atoms with E-state index in [1.165, 1.54) is 0 Å². The van der Waals surface area contributed by atoms with Crippen molar-refractivity contribution in [2.24, 2.45) is 5.41 Å². The molecular weight excluding hydrogens is 214 g/mol. The summed E-state index contributed by atoms with van der Waals surface area (Å²) in [5.74, 6) is 0.384. The third-order valence-corrected chi connectivity index (χ3v) is 4.15. The van der Waals surface area contributed by atoms with Crippen LogP contribution in [0.4, 0.5) is 0 Å². The molecule has 0 atom stereocenters. The van der Waals surface area contributed by atoms with Crippen LogP contribution in [-0.4, -0.2) is 61.5 Å². The van der Waals surface area contributed by atoms with Crippen LogP contribution >= 0.6 is 0 Å². The van der Waals surface area contributed by atoms with Crippen molar-refractivity contribution in [3.63, 3.8) is 0 Å². The molecule has 1 aliphatic carbocycles. The van der Waals surface area contributed by atoms with E-state index >= 15 is 0 Å². The van der Waals surface area contributed by atoms with Gasteiger partial charge in [0, 0.05) is 38.8 Å². The van der Waals surface area contributed by atoms with E-state index in [2.05, 4.69) is 29.0 Å². The van der Waals surface area contributed by atoms with Gasteiger partial charge in [0.2, 0.25) is 5.91 Å². The number of carbonyl (C=O) groups is 1. The van der Waals surface area contributed by atoms with Gasteiger partial charge in [0.1, 0.15) is 0 Å². The van der Waals surface area contributed by atoms with Gasteiger partial charge in [-0.05, 0) is 33.7 Å². The summed E-state index contributed by atoms with van der Waals surface area (Å²) >= 11 is 0. The van der Waals surface area contributed by atoms with Crippen LogP contribution in [0.2, 0.25) is 0 Å². The average Bonchev–Trinajstić information content (AvgIpc) is 3.10. The van der Waals surface area contributed by atoms with E-state index in [4.69, 9.17) is 0 Å². The summed E-state index contributed by atoms with van der Waals surface area (Å²) in [4.78, 5) is 16.9. The lowest BCUT2D eigenvalue weighted by atomic mass is 10.0. The molecule has 4 heteroatoms. The van der Waals surface area contributed by atoms with Crippen LogP contribution in [0.25, 0.3) is 0 Å². The van der Waals surface area contributed by atoms with Crippen LogP contribution in [0.1, 0.15) is 26.7 Å². The third kappa shape index (κ3) is 2.63. The Balaban J connectivity index is 1.86. The van der Waals surface area contributed by atoms with Crippen molar-refractivity contribution >= 4 is 5.91 Å². The lowest BCUT2D eigenvalue weighted by Gasteiger charge is -2.38. The zero-order valence-electron chi connectivity index (χ0n) is 11.3. The molecule has 1 aliphatic heterocycles. The predicted octanol–water partition coefficient (Wildman–Crippen LogP) is 0.539. The molecule has 1 heterocycles. The van der Waals surface area contributed by atoms with Crippen molar-refractivity contribution in [2.75, 3.05) is 39.8 Å². The lowest BCUT2D eigenvalue weighted by molar-refractivity contribution is -0.138. The summed E-state index contributed by atoms with van der Waals surface area (Å²) in [5, 5.41) is 3.16. The maximum atomic E-state index is 12.4. The Kier molecular flexibility index (Phi) is 3.73. The summed E-state index contributed by atoms with van der Waals surface area (Å²) in [6.07, 6.45) is 2.13. The number of nitrogens with zero attached hydrogens (tertiary/aromatic N) is 2. The van der Waals surface area contributed by atoms with E-state index < -0.39 is 0 Å². The number of carbonyl (C=O) groups excluding carboxylic acids is 1. The molecular formula is C13H25N3O. The first-order valence-electron chi connectivity index (χ1n) is 6.77. The molecule has 0 spiro atoms. The molecule has 1 amide bonds. The van der Waals surface area contributed by atoms with Gasteiger partial charge in [-0.1, -0.05) is 0 Å². The Hall–Kier alpha value is -0.610. The topological polar surface area (TPSA) is 35.6 Å². The number of nitrogens with one attached hydrogen (secondary N) is 1. The quantitative estimate of drug-likeness (QED) is 0.778. The van der Waals surface area contributed by atoms with Gasteiger partial charge in [-0.15, -0.1) is 0 Å². The van der Waals surface area contributed by atoms with Gasteiger partial charge >= 0.3 is 0 Å². The van der Waals surface area contributed by atoms with Gasteiger partial charge in [-0.25, -0.2) is 0 Å². The van der Waals surface area contributed by atoms with Crippen LogP contribution < -0.4 is 5.32 Å². The first kappa shape index (κ1) is 12.8. The van der Waals surface area contributed by atoms with Gasteiger partial charge in [-0.3, -0.25) is 9.69 Å². The fourth-order valence-corrected chi connectivity index (χ4v) is 2.73. The summed E-state index contributed by atoms with van der Waals surface area (Å²) in [6, 6.07) is 0.597. The van der Waals surface area contributed by atoms with E-state index in [1.54, 1.807) is 0 Å². The van der Waals surface area contributed by atoms with Crippen molar-refractivity contribution in [2.45, 2.75) is 32.7 Å². The summed E-state index contributed by atoms with van der Waals surface area (Å²) in [7, 11) is 1.93. The third-order valence-electron chi connectivity index (χ3n) is 4.15. The molecule has 2 fully saturated rings. The molecule has 17 heavy (non-hydrogen) atoms. The second-order valence-electron chi connectivity index (χ2n) is 5.73. The highest BCUT2D eigenvalue weighted by Crippen LogP contribution is 2.46. The Morgan fingerprint density at radius 1 is 1.24 bits per heavy atom. The minimum Gasteiger partial charge on any atom is -0.340 e. The molecule has 1 saturated carbocycles. The Morgan fingerprint density at radius 2 is 1.82 bits per heavy atom. The van der Waals surface area contributed by atoms with Crippen molar-refractivity contribution in [3.05, 3.63) is 0 Å². The van der Waals surface area contributed by atoms with Crippen molar-refractivity contribution < 1.29 is 4.79 Å². The largest absolute Gasteiger partial charge is 0.340 e. The predicted molar refractivity (Wildman–Crippen MR) is 68.9 cm³/mol. The zero-order valence-corrected chi connectivity index (χ0v) is 11.3. The van der Waals surface area contributed by atoms with E-state index in [1.807, 2.05) is 7.05 Å². The fraction of sp³-hybridized carbons (Fsp3) is 0.923. The minimum atomic E-state index is -0.0469. The summed E-state index contributed by atoms with van der Waals surface area (Å²) in [6.45, 7) is 9.15. The van der Waals surface area contributed by atoms with Crippen LogP contribution in [0.15, 0.2) is 0 Å². The number of hydrogen-bond donors (Lipinski definition) is 1. The SMILES string of the molecule is CNCC1(C(=O)N2CCN(C(C)C)CC2)CC1. The molecule has 0 aromatic heterocycles. The number of piperazine rings is 1. The maximum absolute atomic E-state index is 12.4. The molecule has 0 unspecified atom stereocenters. The maximum Gasteiger partial charge on any atom is 0.230 e. The Morgan fingerprint density at radius 3 is 2.24 bits per heavy atom. The average molecular weight is 239 g/mol. The highest BCUT2D eigenvalue weighted by Gasteiger charge is 2.51.